The molecule has 0 aliphatic heterocycles. The molecule has 1 aliphatic rings. The molecule has 0 bridgehead atoms. The third kappa shape index (κ3) is 6.16. The van der Waals surface area contributed by atoms with Crippen LogP contribution in [0.1, 0.15) is 22.3 Å². The molecule has 0 saturated heterocycles. The number of hydrogen-bond acceptors (Lipinski definition) is 1. The highest BCUT2D eigenvalue weighted by atomic mass is 15.1. The van der Waals surface area contributed by atoms with Gasteiger partial charge in [0, 0.05) is 17.1 Å². The minimum Gasteiger partial charge on any atom is -0.310 e. The Morgan fingerprint density at radius 3 is 1.31 bits per heavy atom. The second kappa shape index (κ2) is 15.6. The molecule has 12 rings (SSSR count). The van der Waals surface area contributed by atoms with Crippen molar-refractivity contribution in [2.45, 2.75) is 5.41 Å². The van der Waals surface area contributed by atoms with Gasteiger partial charge < -0.3 is 4.90 Å². The molecule has 0 spiro atoms. The molecule has 300 valence electrons. The molecular formula is C63H43N. The van der Waals surface area contributed by atoms with E-state index in [1.54, 1.807) is 0 Å². The first-order valence-corrected chi connectivity index (χ1v) is 22.2. The smallest absolute Gasteiger partial charge is 0.0713 e. The van der Waals surface area contributed by atoms with Crippen LogP contribution in [-0.2, 0) is 5.41 Å². The molecule has 11 aromatic carbocycles. The fourth-order valence-corrected chi connectivity index (χ4v) is 10.4. The van der Waals surface area contributed by atoms with Gasteiger partial charge >= 0.3 is 0 Å². The predicted molar refractivity (Wildman–Crippen MR) is 270 cm³/mol. The van der Waals surface area contributed by atoms with Gasteiger partial charge in [-0.05, 0) is 137 Å². The summed E-state index contributed by atoms with van der Waals surface area (Å²) in [5.74, 6) is 0. The van der Waals surface area contributed by atoms with E-state index in [2.05, 4.69) is 266 Å². The van der Waals surface area contributed by atoms with E-state index in [0.717, 1.165) is 17.1 Å². The maximum atomic E-state index is 2.42. The van der Waals surface area contributed by atoms with Gasteiger partial charge in [-0.1, -0.05) is 212 Å². The normalized spacial score (nSPS) is 12.5. The minimum atomic E-state index is -0.462. The quantitative estimate of drug-likeness (QED) is 0.148. The fourth-order valence-electron chi connectivity index (χ4n) is 10.4. The lowest BCUT2D eigenvalue weighted by atomic mass is 9.68. The Labute approximate surface area is 374 Å². The van der Waals surface area contributed by atoms with Crippen molar-refractivity contribution >= 4 is 38.6 Å². The number of rotatable bonds is 8. The van der Waals surface area contributed by atoms with E-state index in [-0.39, 0.29) is 0 Å². The van der Waals surface area contributed by atoms with Gasteiger partial charge in [-0.2, -0.15) is 0 Å². The summed E-state index contributed by atoms with van der Waals surface area (Å²) >= 11 is 0. The summed E-state index contributed by atoms with van der Waals surface area (Å²) in [5, 5.41) is 4.97. The summed E-state index contributed by atoms with van der Waals surface area (Å²) in [6.45, 7) is 0. The highest BCUT2D eigenvalue weighted by Gasteiger charge is 2.46. The van der Waals surface area contributed by atoms with E-state index >= 15 is 0 Å². The van der Waals surface area contributed by atoms with Gasteiger partial charge in [0.25, 0.3) is 0 Å². The van der Waals surface area contributed by atoms with E-state index in [9.17, 15) is 0 Å². The number of benzene rings is 11. The second-order valence-corrected chi connectivity index (χ2v) is 16.8. The van der Waals surface area contributed by atoms with Crippen LogP contribution in [0.5, 0.6) is 0 Å². The van der Waals surface area contributed by atoms with E-state index in [4.69, 9.17) is 0 Å². The highest BCUT2D eigenvalue weighted by Crippen LogP contribution is 2.57. The van der Waals surface area contributed by atoms with Crippen molar-refractivity contribution in [3.05, 3.63) is 283 Å². The number of nitrogens with zero attached hydrogens (tertiary/aromatic N) is 1. The SMILES string of the molecule is c1ccc(-c2cc3ccccc3cc2-c2ccc(N(c3ccc(-c4cccc5ccccc45)cc3)c3ccc4c(c3)-c3ccccc3C4(c3ccccc3)c3ccccc3)cc2)cc1. The number of fused-ring (bicyclic) bond motifs is 5. The van der Waals surface area contributed by atoms with Crippen LogP contribution < -0.4 is 4.90 Å². The Morgan fingerprint density at radius 2 is 0.688 bits per heavy atom. The van der Waals surface area contributed by atoms with Gasteiger partial charge in [-0.15, -0.1) is 0 Å². The van der Waals surface area contributed by atoms with Crippen LogP contribution >= 0.6 is 0 Å². The molecule has 11 aromatic rings. The predicted octanol–water partition coefficient (Wildman–Crippen LogP) is 16.8. The Hall–Kier alpha value is -8.26. The van der Waals surface area contributed by atoms with Crippen LogP contribution in [0.4, 0.5) is 17.1 Å². The van der Waals surface area contributed by atoms with Crippen molar-refractivity contribution in [1.29, 1.82) is 0 Å². The van der Waals surface area contributed by atoms with Gasteiger partial charge in [0.15, 0.2) is 0 Å². The molecule has 64 heavy (non-hydrogen) atoms. The second-order valence-electron chi connectivity index (χ2n) is 16.8. The summed E-state index contributed by atoms with van der Waals surface area (Å²) in [7, 11) is 0. The van der Waals surface area contributed by atoms with E-state index in [1.165, 1.54) is 88.3 Å². The Balaban J connectivity index is 1.03. The monoisotopic (exact) mass is 813 g/mol. The third-order valence-electron chi connectivity index (χ3n) is 13.3. The Kier molecular flexibility index (Phi) is 9.13. The minimum absolute atomic E-state index is 0.462. The molecule has 1 nitrogen and oxygen atoms in total. The lowest BCUT2D eigenvalue weighted by Crippen LogP contribution is -2.28. The van der Waals surface area contributed by atoms with Gasteiger partial charge in [0.2, 0.25) is 0 Å². The molecule has 0 N–H and O–H groups in total. The Morgan fingerprint density at radius 1 is 0.250 bits per heavy atom. The zero-order chi connectivity index (χ0) is 42.5. The summed E-state index contributed by atoms with van der Waals surface area (Å²) in [5.41, 5.74) is 17.7. The third-order valence-corrected chi connectivity index (χ3v) is 13.3. The van der Waals surface area contributed by atoms with Crippen LogP contribution in [-0.4, -0.2) is 0 Å². The molecule has 0 amide bonds. The maximum Gasteiger partial charge on any atom is 0.0713 e. The largest absolute Gasteiger partial charge is 0.310 e. The summed E-state index contributed by atoms with van der Waals surface area (Å²) in [4.78, 5) is 2.42. The van der Waals surface area contributed by atoms with Crippen LogP contribution in [0.25, 0.3) is 66.1 Å². The number of anilines is 3. The average molecular weight is 814 g/mol. The highest BCUT2D eigenvalue weighted by molar-refractivity contribution is 5.99. The van der Waals surface area contributed by atoms with Gasteiger partial charge in [0.1, 0.15) is 0 Å². The van der Waals surface area contributed by atoms with Crippen LogP contribution in [0.15, 0.2) is 261 Å². The molecular weight excluding hydrogens is 771 g/mol. The first kappa shape index (κ1) is 37.5. The van der Waals surface area contributed by atoms with Crippen LogP contribution in [0.2, 0.25) is 0 Å². The summed E-state index contributed by atoms with van der Waals surface area (Å²) < 4.78 is 0. The first-order valence-electron chi connectivity index (χ1n) is 22.2. The van der Waals surface area contributed by atoms with Gasteiger partial charge in [-0.3, -0.25) is 0 Å². The standard InChI is InChI=1S/C63H43N/c1-4-17-45(18-5-1)58-41-48-20-10-11-21-49(48)42-59(58)47-33-37-53(38-34-47)64(52-35-31-46(32-36-52)56-29-16-22-44-19-12-13-27-55(44)56)54-39-40-62-60(43-54)57-28-14-15-30-61(57)63(62,50-23-6-2-7-24-50)51-25-8-3-9-26-51/h1-43H. The molecule has 0 fully saturated rings. The fraction of sp³-hybridized carbons (Fsp3) is 0.0159. The van der Waals surface area contributed by atoms with E-state index in [0.29, 0.717) is 0 Å². The van der Waals surface area contributed by atoms with E-state index < -0.39 is 5.41 Å². The lowest BCUT2D eigenvalue weighted by molar-refractivity contribution is 0.768. The van der Waals surface area contributed by atoms with Crippen molar-refractivity contribution in [1.82, 2.24) is 0 Å². The average Bonchev–Trinajstić information content (AvgIpc) is 3.67. The van der Waals surface area contributed by atoms with Crippen LogP contribution in [0.3, 0.4) is 0 Å². The molecule has 0 atom stereocenters. The number of hydrogen-bond donors (Lipinski definition) is 0. The first-order chi connectivity index (χ1) is 31.7. The zero-order valence-corrected chi connectivity index (χ0v) is 35.3. The van der Waals surface area contributed by atoms with Crippen molar-refractivity contribution in [2.75, 3.05) is 4.90 Å². The molecule has 0 saturated carbocycles. The van der Waals surface area contributed by atoms with Crippen molar-refractivity contribution in [3.8, 4) is 44.5 Å². The molecule has 0 unspecified atom stereocenters. The van der Waals surface area contributed by atoms with Crippen LogP contribution in [0, 0.1) is 0 Å². The molecule has 1 heteroatoms. The molecule has 0 aromatic heterocycles. The van der Waals surface area contributed by atoms with Gasteiger partial charge in [-0.25, -0.2) is 0 Å². The topological polar surface area (TPSA) is 3.24 Å². The van der Waals surface area contributed by atoms with Crippen molar-refractivity contribution in [3.63, 3.8) is 0 Å². The van der Waals surface area contributed by atoms with Gasteiger partial charge in [0.05, 0.1) is 5.41 Å². The lowest BCUT2D eigenvalue weighted by Gasteiger charge is -2.34. The molecule has 1 aliphatic carbocycles. The van der Waals surface area contributed by atoms with Crippen molar-refractivity contribution < 1.29 is 0 Å². The van der Waals surface area contributed by atoms with E-state index in [1.807, 2.05) is 0 Å². The Bertz CT molecular complexity index is 3420. The molecule has 0 heterocycles. The maximum absolute atomic E-state index is 2.42. The van der Waals surface area contributed by atoms with Crippen molar-refractivity contribution in [2.24, 2.45) is 0 Å². The molecule has 0 radical (unpaired) electrons. The zero-order valence-electron chi connectivity index (χ0n) is 35.3. The summed E-state index contributed by atoms with van der Waals surface area (Å²) in [6.07, 6.45) is 0. The summed E-state index contributed by atoms with van der Waals surface area (Å²) in [6, 6.07) is 95.8.